The maximum atomic E-state index is 13.0. The van der Waals surface area contributed by atoms with Crippen LogP contribution in [0.5, 0.6) is 5.75 Å². The van der Waals surface area contributed by atoms with E-state index < -0.39 is 11.9 Å². The van der Waals surface area contributed by atoms with E-state index in [4.69, 9.17) is 9.47 Å². The fraction of sp³-hybridized carbons (Fsp3) is 0.633. The molecule has 3 rings (SSSR count). The number of benzene rings is 1. The lowest BCUT2D eigenvalue weighted by Crippen LogP contribution is -2.19. The molecule has 0 aromatic heterocycles. The number of carboxylic acid groups (broad SMARTS) is 1. The SMILES string of the molecule is COc1ccc([C@@H]2CC(CCC(=O)/C(C#N)=C/C(C)(C)CC3CCCCOCC3)C[C@H]2C(=O)O)cc1. The normalized spacial score (nSPS) is 25.4. The van der Waals surface area contributed by atoms with Gasteiger partial charge >= 0.3 is 5.97 Å². The second-order valence-corrected chi connectivity index (χ2v) is 11.2. The summed E-state index contributed by atoms with van der Waals surface area (Å²) in [6.45, 7) is 5.83. The van der Waals surface area contributed by atoms with Crippen molar-refractivity contribution in [3.63, 3.8) is 0 Å². The molecule has 2 fully saturated rings. The first-order chi connectivity index (χ1) is 17.2. The number of hydrogen-bond acceptors (Lipinski definition) is 5. The van der Waals surface area contributed by atoms with Gasteiger partial charge in [-0.25, -0.2) is 0 Å². The average Bonchev–Trinajstić information content (AvgIpc) is 3.27. The van der Waals surface area contributed by atoms with Crippen LogP contribution >= 0.6 is 0 Å². The van der Waals surface area contributed by atoms with E-state index in [-0.39, 0.29) is 35.0 Å². The van der Waals surface area contributed by atoms with Gasteiger partial charge in [0.1, 0.15) is 11.8 Å². The summed E-state index contributed by atoms with van der Waals surface area (Å²) in [5.74, 6) is -0.0392. The molecule has 1 aromatic rings. The molecular formula is C30H41NO5. The number of Topliss-reactive ketones (excluding diaryl/α,β-unsaturated/α-hetero) is 1. The van der Waals surface area contributed by atoms with Gasteiger partial charge in [0, 0.05) is 19.6 Å². The van der Waals surface area contributed by atoms with Crippen molar-refractivity contribution in [1.82, 2.24) is 0 Å². The van der Waals surface area contributed by atoms with Gasteiger partial charge in [0.25, 0.3) is 0 Å². The topological polar surface area (TPSA) is 96.6 Å². The number of carbonyl (C=O) groups is 2. The number of rotatable bonds is 10. The molecule has 2 aliphatic rings. The Bertz CT molecular complexity index is 951. The smallest absolute Gasteiger partial charge is 0.307 e. The standard InChI is InChI=1S/C30H41NO5/c1-30(2,18-21-6-4-5-14-36-15-13-21)19-24(20-31)28(32)12-7-22-16-26(27(17-22)29(33)34)23-8-10-25(35-3)11-9-23/h8-11,19,21-22,26-27H,4-7,12-18H2,1-3H3,(H,33,34)/b24-19+/t21?,22?,26-,27+/m0/s1. The Morgan fingerprint density at radius 3 is 2.56 bits per heavy atom. The van der Waals surface area contributed by atoms with E-state index in [0.29, 0.717) is 18.8 Å². The van der Waals surface area contributed by atoms with E-state index in [1.165, 1.54) is 0 Å². The van der Waals surface area contributed by atoms with Crippen LogP contribution in [0.2, 0.25) is 0 Å². The Morgan fingerprint density at radius 1 is 1.14 bits per heavy atom. The molecule has 2 unspecified atom stereocenters. The minimum atomic E-state index is -0.788. The van der Waals surface area contributed by atoms with Gasteiger partial charge in [-0.2, -0.15) is 5.26 Å². The lowest BCUT2D eigenvalue weighted by atomic mass is 9.78. The molecule has 0 radical (unpaired) electrons. The van der Waals surface area contributed by atoms with E-state index in [2.05, 4.69) is 19.9 Å². The molecule has 1 N–H and O–H groups in total. The van der Waals surface area contributed by atoms with Crippen LogP contribution in [0, 0.1) is 34.5 Å². The van der Waals surface area contributed by atoms with E-state index in [9.17, 15) is 20.0 Å². The molecule has 1 aliphatic heterocycles. The van der Waals surface area contributed by atoms with E-state index in [0.717, 1.165) is 63.1 Å². The molecule has 196 valence electrons. The summed E-state index contributed by atoms with van der Waals surface area (Å²) in [5, 5.41) is 19.6. The van der Waals surface area contributed by atoms with Gasteiger partial charge in [0.05, 0.1) is 18.6 Å². The zero-order valence-electron chi connectivity index (χ0n) is 22.0. The molecule has 0 bridgehead atoms. The highest BCUT2D eigenvalue weighted by molar-refractivity contribution is 5.99. The Hall–Kier alpha value is -2.65. The predicted molar refractivity (Wildman–Crippen MR) is 139 cm³/mol. The van der Waals surface area contributed by atoms with Crippen LogP contribution in [0.1, 0.15) is 83.1 Å². The zero-order valence-corrected chi connectivity index (χ0v) is 22.0. The Kier molecular flexibility index (Phi) is 10.1. The Morgan fingerprint density at radius 2 is 1.89 bits per heavy atom. The highest BCUT2D eigenvalue weighted by Crippen LogP contribution is 2.45. The van der Waals surface area contributed by atoms with Gasteiger partial charge in [-0.3, -0.25) is 9.59 Å². The number of ketones is 1. The summed E-state index contributed by atoms with van der Waals surface area (Å²) in [6, 6.07) is 9.75. The van der Waals surface area contributed by atoms with Crippen molar-refractivity contribution in [3.05, 3.63) is 41.5 Å². The van der Waals surface area contributed by atoms with Crippen molar-refractivity contribution >= 4 is 11.8 Å². The minimum absolute atomic E-state index is 0.0776. The average molecular weight is 496 g/mol. The molecule has 4 atom stereocenters. The van der Waals surface area contributed by atoms with Crippen LogP contribution in [0.25, 0.3) is 0 Å². The van der Waals surface area contributed by atoms with Crippen LogP contribution in [0.3, 0.4) is 0 Å². The largest absolute Gasteiger partial charge is 0.497 e. The van der Waals surface area contributed by atoms with Gasteiger partial charge in [-0.1, -0.05) is 44.9 Å². The molecule has 0 spiro atoms. The Balaban J connectivity index is 1.59. The third-order valence-corrected chi connectivity index (χ3v) is 7.89. The molecule has 1 aliphatic carbocycles. The Labute approximate surface area is 215 Å². The molecule has 1 saturated heterocycles. The van der Waals surface area contributed by atoms with Gasteiger partial charge in [0.15, 0.2) is 5.78 Å². The molecule has 6 nitrogen and oxygen atoms in total. The van der Waals surface area contributed by atoms with Gasteiger partial charge in [-0.15, -0.1) is 0 Å². The van der Waals surface area contributed by atoms with Crippen LogP contribution in [-0.2, 0) is 14.3 Å². The molecule has 36 heavy (non-hydrogen) atoms. The number of ether oxygens (including phenoxy) is 2. The number of allylic oxidation sites excluding steroid dienone is 2. The summed E-state index contributed by atoms with van der Waals surface area (Å²) >= 11 is 0. The molecule has 0 amide bonds. The fourth-order valence-electron chi connectivity index (χ4n) is 6.05. The van der Waals surface area contributed by atoms with Crippen molar-refractivity contribution in [2.24, 2.45) is 23.2 Å². The minimum Gasteiger partial charge on any atom is -0.497 e. The lowest BCUT2D eigenvalue weighted by Gasteiger charge is -2.28. The monoisotopic (exact) mass is 495 g/mol. The van der Waals surface area contributed by atoms with Gasteiger partial charge in [-0.05, 0) is 79.4 Å². The summed E-state index contributed by atoms with van der Waals surface area (Å²) in [4.78, 5) is 25.0. The fourth-order valence-corrected chi connectivity index (χ4v) is 6.05. The highest BCUT2D eigenvalue weighted by Gasteiger charge is 2.39. The number of carbonyl (C=O) groups excluding carboxylic acids is 1. The second kappa shape index (κ2) is 13.1. The van der Waals surface area contributed by atoms with Crippen LogP contribution in [0.4, 0.5) is 0 Å². The van der Waals surface area contributed by atoms with Crippen LogP contribution in [-0.4, -0.2) is 37.2 Å². The highest BCUT2D eigenvalue weighted by atomic mass is 16.5. The first kappa shape index (κ1) is 27.9. The number of aliphatic carboxylic acids is 1. The van der Waals surface area contributed by atoms with E-state index >= 15 is 0 Å². The number of hydrogen-bond donors (Lipinski definition) is 1. The number of carboxylic acids is 1. The number of nitriles is 1. The molecular weight excluding hydrogens is 454 g/mol. The number of methoxy groups -OCH3 is 1. The second-order valence-electron chi connectivity index (χ2n) is 11.2. The van der Waals surface area contributed by atoms with Crippen LogP contribution in [0.15, 0.2) is 35.9 Å². The van der Waals surface area contributed by atoms with E-state index in [1.54, 1.807) is 7.11 Å². The summed E-state index contributed by atoms with van der Waals surface area (Å²) in [5.41, 5.74) is 0.990. The number of nitrogens with zero attached hydrogens (tertiary/aromatic N) is 1. The van der Waals surface area contributed by atoms with Crippen molar-refractivity contribution in [2.75, 3.05) is 20.3 Å². The van der Waals surface area contributed by atoms with Gasteiger partial charge < -0.3 is 14.6 Å². The molecule has 1 heterocycles. The van der Waals surface area contributed by atoms with Crippen molar-refractivity contribution < 1.29 is 24.2 Å². The molecule has 6 heteroatoms. The maximum absolute atomic E-state index is 13.0. The summed E-state index contributed by atoms with van der Waals surface area (Å²) in [6.07, 6.45) is 9.41. The maximum Gasteiger partial charge on any atom is 0.307 e. The van der Waals surface area contributed by atoms with E-state index in [1.807, 2.05) is 30.3 Å². The van der Waals surface area contributed by atoms with Gasteiger partial charge in [0.2, 0.25) is 0 Å². The van der Waals surface area contributed by atoms with Crippen LogP contribution < -0.4 is 4.74 Å². The molecule has 1 aromatic carbocycles. The van der Waals surface area contributed by atoms with Crippen molar-refractivity contribution in [3.8, 4) is 11.8 Å². The summed E-state index contributed by atoms with van der Waals surface area (Å²) < 4.78 is 10.9. The predicted octanol–water partition coefficient (Wildman–Crippen LogP) is 6.31. The first-order valence-electron chi connectivity index (χ1n) is 13.3. The first-order valence-corrected chi connectivity index (χ1v) is 13.3. The van der Waals surface area contributed by atoms with Crippen molar-refractivity contribution in [2.45, 2.75) is 77.6 Å². The lowest BCUT2D eigenvalue weighted by molar-refractivity contribution is -0.142. The third-order valence-electron chi connectivity index (χ3n) is 7.89. The third kappa shape index (κ3) is 7.93. The zero-order chi connectivity index (χ0) is 26.1. The van der Waals surface area contributed by atoms with Crippen molar-refractivity contribution in [1.29, 1.82) is 5.26 Å². The quantitative estimate of drug-likeness (QED) is 0.302. The molecule has 1 saturated carbocycles. The summed E-state index contributed by atoms with van der Waals surface area (Å²) in [7, 11) is 1.61.